The first kappa shape index (κ1) is 15.9. The lowest BCUT2D eigenvalue weighted by atomic mass is 10.1. The van der Waals surface area contributed by atoms with Crippen molar-refractivity contribution in [3.63, 3.8) is 0 Å². The molecule has 1 heterocycles. The first-order valence-electron chi connectivity index (χ1n) is 6.55. The quantitative estimate of drug-likeness (QED) is 0.856. The molecule has 0 aliphatic heterocycles. The van der Waals surface area contributed by atoms with E-state index < -0.39 is 10.0 Å². The number of benzene rings is 1. The Hall–Kier alpha value is -1.44. The number of nitrogens with one attached hydrogen (secondary N) is 2. The molecule has 5 nitrogen and oxygen atoms in total. The van der Waals surface area contributed by atoms with E-state index in [2.05, 4.69) is 15.0 Å². The Balaban J connectivity index is 2.13. The molecule has 0 bridgehead atoms. The maximum atomic E-state index is 11.5. The molecule has 0 spiro atoms. The van der Waals surface area contributed by atoms with Crippen LogP contribution in [0.5, 0.6) is 0 Å². The predicted molar refractivity (Wildman–Crippen MR) is 87.2 cm³/mol. The van der Waals surface area contributed by atoms with Crippen LogP contribution in [0.25, 0.3) is 0 Å². The van der Waals surface area contributed by atoms with Crippen molar-refractivity contribution in [2.75, 3.05) is 18.1 Å². The van der Waals surface area contributed by atoms with Crippen LogP contribution in [0.1, 0.15) is 22.2 Å². The zero-order valence-corrected chi connectivity index (χ0v) is 13.9. The van der Waals surface area contributed by atoms with Crippen LogP contribution in [0.2, 0.25) is 0 Å². The summed E-state index contributed by atoms with van der Waals surface area (Å²) in [7, 11) is -3.29. The van der Waals surface area contributed by atoms with Gasteiger partial charge in [0.05, 0.1) is 18.0 Å². The largest absolute Gasteiger partial charge is 0.360 e. The van der Waals surface area contributed by atoms with E-state index in [-0.39, 0.29) is 6.04 Å². The number of thiazole rings is 1. The number of hydrogen-bond acceptors (Lipinski definition) is 5. The number of hydrogen-bond donors (Lipinski definition) is 2. The Morgan fingerprint density at radius 3 is 2.43 bits per heavy atom. The topological polar surface area (TPSA) is 71.1 Å². The van der Waals surface area contributed by atoms with Crippen LogP contribution in [0.15, 0.2) is 30.3 Å². The SMILES string of the molecule is Cc1nc(NCC(NS(C)(=O)=O)c2ccccc2)sc1C. The van der Waals surface area contributed by atoms with E-state index >= 15 is 0 Å². The number of rotatable bonds is 6. The van der Waals surface area contributed by atoms with Gasteiger partial charge in [-0.25, -0.2) is 18.1 Å². The molecule has 1 atom stereocenters. The molecule has 0 aliphatic carbocycles. The van der Waals surface area contributed by atoms with E-state index in [0.29, 0.717) is 6.54 Å². The van der Waals surface area contributed by atoms with Gasteiger partial charge in [0.15, 0.2) is 5.13 Å². The molecule has 0 radical (unpaired) electrons. The van der Waals surface area contributed by atoms with Crippen molar-refractivity contribution in [2.24, 2.45) is 0 Å². The molecular formula is C14H19N3O2S2. The van der Waals surface area contributed by atoms with Gasteiger partial charge in [-0.15, -0.1) is 11.3 Å². The first-order chi connectivity index (χ1) is 9.85. The molecule has 0 saturated heterocycles. The third-order valence-corrected chi connectivity index (χ3v) is 4.79. The van der Waals surface area contributed by atoms with E-state index in [0.717, 1.165) is 21.3 Å². The minimum absolute atomic E-state index is 0.328. The molecular weight excluding hydrogens is 306 g/mol. The molecule has 7 heteroatoms. The van der Waals surface area contributed by atoms with Crippen molar-refractivity contribution in [2.45, 2.75) is 19.9 Å². The fraction of sp³-hybridized carbons (Fsp3) is 0.357. The average molecular weight is 325 g/mol. The Kier molecular flexibility index (Phi) is 4.97. The molecule has 2 aromatic rings. The highest BCUT2D eigenvalue weighted by atomic mass is 32.2. The van der Waals surface area contributed by atoms with Crippen LogP contribution in [0, 0.1) is 13.8 Å². The van der Waals surface area contributed by atoms with Crippen molar-refractivity contribution >= 4 is 26.5 Å². The van der Waals surface area contributed by atoms with E-state index in [4.69, 9.17) is 0 Å². The third kappa shape index (κ3) is 4.80. The Bertz CT molecular complexity index is 677. The van der Waals surface area contributed by atoms with Crippen LogP contribution in [-0.2, 0) is 10.0 Å². The highest BCUT2D eigenvalue weighted by molar-refractivity contribution is 7.88. The zero-order valence-electron chi connectivity index (χ0n) is 12.3. The predicted octanol–water partition coefficient (Wildman–Crippen LogP) is 2.46. The van der Waals surface area contributed by atoms with Crippen LogP contribution >= 0.6 is 11.3 Å². The van der Waals surface area contributed by atoms with Crippen molar-refractivity contribution in [1.82, 2.24) is 9.71 Å². The summed E-state index contributed by atoms with van der Waals surface area (Å²) in [6.45, 7) is 4.42. The molecule has 2 rings (SSSR count). The molecule has 0 amide bonds. The van der Waals surface area contributed by atoms with Gasteiger partial charge in [0.1, 0.15) is 0 Å². The van der Waals surface area contributed by atoms with Crippen molar-refractivity contribution in [3.05, 3.63) is 46.5 Å². The minimum atomic E-state index is -3.29. The van der Waals surface area contributed by atoms with Gasteiger partial charge in [-0.05, 0) is 19.4 Å². The van der Waals surface area contributed by atoms with Crippen molar-refractivity contribution in [1.29, 1.82) is 0 Å². The van der Waals surface area contributed by atoms with Crippen LogP contribution in [0.4, 0.5) is 5.13 Å². The number of aryl methyl sites for hydroxylation is 2. The van der Waals surface area contributed by atoms with Gasteiger partial charge in [-0.1, -0.05) is 30.3 Å². The average Bonchev–Trinajstić information content (AvgIpc) is 2.73. The number of sulfonamides is 1. The van der Waals surface area contributed by atoms with E-state index in [1.165, 1.54) is 6.26 Å². The molecule has 2 N–H and O–H groups in total. The van der Waals surface area contributed by atoms with Crippen LogP contribution in [-0.4, -0.2) is 26.2 Å². The summed E-state index contributed by atoms with van der Waals surface area (Å²) >= 11 is 1.57. The maximum Gasteiger partial charge on any atom is 0.209 e. The summed E-state index contributed by atoms with van der Waals surface area (Å²) in [6.07, 6.45) is 1.17. The lowest BCUT2D eigenvalue weighted by Crippen LogP contribution is -2.32. The highest BCUT2D eigenvalue weighted by Gasteiger charge is 2.16. The molecule has 1 aromatic heterocycles. The third-order valence-electron chi connectivity index (χ3n) is 3.04. The monoisotopic (exact) mass is 325 g/mol. The normalized spacial score (nSPS) is 13.1. The molecule has 0 saturated carbocycles. The Morgan fingerprint density at radius 2 is 1.90 bits per heavy atom. The van der Waals surface area contributed by atoms with Gasteiger partial charge in [0, 0.05) is 11.4 Å². The lowest BCUT2D eigenvalue weighted by Gasteiger charge is -2.18. The number of aromatic nitrogens is 1. The molecule has 114 valence electrons. The van der Waals surface area contributed by atoms with Gasteiger partial charge >= 0.3 is 0 Å². The molecule has 21 heavy (non-hydrogen) atoms. The maximum absolute atomic E-state index is 11.5. The second-order valence-corrected chi connectivity index (χ2v) is 7.88. The summed E-state index contributed by atoms with van der Waals surface area (Å²) in [5.41, 5.74) is 1.91. The van der Waals surface area contributed by atoms with E-state index in [1.54, 1.807) is 11.3 Å². The van der Waals surface area contributed by atoms with Gasteiger partial charge in [-0.3, -0.25) is 0 Å². The lowest BCUT2D eigenvalue weighted by molar-refractivity contribution is 0.568. The minimum Gasteiger partial charge on any atom is -0.360 e. The van der Waals surface area contributed by atoms with E-state index in [9.17, 15) is 8.42 Å². The number of nitrogens with zero attached hydrogens (tertiary/aromatic N) is 1. The Labute approximate surface area is 129 Å². The van der Waals surface area contributed by atoms with Crippen LogP contribution < -0.4 is 10.0 Å². The van der Waals surface area contributed by atoms with Gasteiger partial charge in [0.25, 0.3) is 0 Å². The van der Waals surface area contributed by atoms with Crippen LogP contribution in [0.3, 0.4) is 0 Å². The molecule has 0 fully saturated rings. The van der Waals surface area contributed by atoms with Gasteiger partial charge < -0.3 is 5.32 Å². The standard InChI is InChI=1S/C14H19N3O2S2/c1-10-11(2)20-14(16-10)15-9-13(17-21(3,18)19)12-7-5-4-6-8-12/h4-8,13,17H,9H2,1-3H3,(H,15,16). The smallest absolute Gasteiger partial charge is 0.209 e. The fourth-order valence-corrected chi connectivity index (χ4v) is 3.47. The second-order valence-electron chi connectivity index (χ2n) is 4.89. The van der Waals surface area contributed by atoms with Gasteiger partial charge in [0.2, 0.25) is 10.0 Å². The Morgan fingerprint density at radius 1 is 1.24 bits per heavy atom. The van der Waals surface area contributed by atoms with E-state index in [1.807, 2.05) is 44.2 Å². The summed E-state index contributed by atoms with van der Waals surface area (Å²) in [5.74, 6) is 0. The summed E-state index contributed by atoms with van der Waals surface area (Å²) < 4.78 is 25.7. The second kappa shape index (κ2) is 6.55. The van der Waals surface area contributed by atoms with Crippen molar-refractivity contribution < 1.29 is 8.42 Å². The fourth-order valence-electron chi connectivity index (χ4n) is 1.91. The molecule has 1 aromatic carbocycles. The molecule has 1 unspecified atom stereocenters. The summed E-state index contributed by atoms with van der Waals surface area (Å²) in [6, 6.07) is 9.17. The zero-order chi connectivity index (χ0) is 15.5. The number of anilines is 1. The first-order valence-corrected chi connectivity index (χ1v) is 9.26. The molecule has 0 aliphatic rings. The summed E-state index contributed by atoms with van der Waals surface area (Å²) in [4.78, 5) is 5.56. The summed E-state index contributed by atoms with van der Waals surface area (Å²) in [5, 5.41) is 4.01. The van der Waals surface area contributed by atoms with Crippen molar-refractivity contribution in [3.8, 4) is 0 Å². The van der Waals surface area contributed by atoms with Gasteiger partial charge in [-0.2, -0.15) is 0 Å². The highest BCUT2D eigenvalue weighted by Crippen LogP contribution is 2.22.